The Kier molecular flexibility index (Phi) is 3.68. The Morgan fingerprint density at radius 2 is 2.06 bits per heavy atom. The smallest absolute Gasteiger partial charge is 0.211 e. The topological polar surface area (TPSA) is 64.0 Å². The standard InChI is InChI=1S/C12H17N3O2S/c1-3-8-18(16,17)13-9-12-14-10-6-4-5-7-11(10)15(12)2/h4-7,13H,3,8-9H2,1-2H3. The van der Waals surface area contributed by atoms with Gasteiger partial charge in [0.25, 0.3) is 0 Å². The van der Waals surface area contributed by atoms with E-state index in [1.54, 1.807) is 0 Å². The van der Waals surface area contributed by atoms with Crippen molar-refractivity contribution in [3.8, 4) is 0 Å². The van der Waals surface area contributed by atoms with Crippen molar-refractivity contribution < 1.29 is 8.42 Å². The summed E-state index contributed by atoms with van der Waals surface area (Å²) in [6.07, 6.45) is 0.609. The second-order valence-corrected chi connectivity index (χ2v) is 6.14. The first-order valence-electron chi connectivity index (χ1n) is 5.91. The minimum absolute atomic E-state index is 0.150. The van der Waals surface area contributed by atoms with Crippen molar-refractivity contribution in [3.05, 3.63) is 30.1 Å². The molecule has 1 aromatic carbocycles. The summed E-state index contributed by atoms with van der Waals surface area (Å²) >= 11 is 0. The fourth-order valence-electron chi connectivity index (χ4n) is 1.87. The Morgan fingerprint density at radius 3 is 2.72 bits per heavy atom. The van der Waals surface area contributed by atoms with Gasteiger partial charge in [-0.25, -0.2) is 18.1 Å². The Bertz CT molecular complexity index is 646. The van der Waals surface area contributed by atoms with Crippen molar-refractivity contribution >= 4 is 21.1 Å². The molecule has 0 radical (unpaired) electrons. The van der Waals surface area contributed by atoms with Gasteiger partial charge in [-0.3, -0.25) is 0 Å². The summed E-state index contributed by atoms with van der Waals surface area (Å²) in [5.41, 5.74) is 1.88. The molecular weight excluding hydrogens is 250 g/mol. The SMILES string of the molecule is CCCS(=O)(=O)NCc1nc2ccccc2n1C. The summed E-state index contributed by atoms with van der Waals surface area (Å²) in [4.78, 5) is 4.41. The minimum Gasteiger partial charge on any atom is -0.330 e. The first kappa shape index (κ1) is 13.0. The van der Waals surface area contributed by atoms with E-state index in [9.17, 15) is 8.42 Å². The van der Waals surface area contributed by atoms with Gasteiger partial charge in [0.05, 0.1) is 23.3 Å². The van der Waals surface area contributed by atoms with Crippen molar-refractivity contribution in [1.29, 1.82) is 0 Å². The first-order valence-corrected chi connectivity index (χ1v) is 7.56. The maximum absolute atomic E-state index is 11.6. The van der Waals surface area contributed by atoms with Crippen LogP contribution >= 0.6 is 0 Å². The lowest BCUT2D eigenvalue weighted by Crippen LogP contribution is -2.26. The summed E-state index contributed by atoms with van der Waals surface area (Å²) in [6, 6.07) is 7.74. The zero-order chi connectivity index (χ0) is 13.2. The number of aryl methyl sites for hydroxylation is 1. The van der Waals surface area contributed by atoms with E-state index in [2.05, 4.69) is 9.71 Å². The number of hydrogen-bond donors (Lipinski definition) is 1. The Hall–Kier alpha value is -1.40. The van der Waals surface area contributed by atoms with Gasteiger partial charge in [0.1, 0.15) is 5.82 Å². The number of para-hydroxylation sites is 2. The van der Waals surface area contributed by atoms with Gasteiger partial charge >= 0.3 is 0 Å². The van der Waals surface area contributed by atoms with Crippen LogP contribution in [0.4, 0.5) is 0 Å². The van der Waals surface area contributed by atoms with E-state index in [0.29, 0.717) is 6.42 Å². The first-order chi connectivity index (χ1) is 8.53. The number of rotatable bonds is 5. The molecule has 0 aliphatic heterocycles. The van der Waals surface area contributed by atoms with Gasteiger partial charge < -0.3 is 4.57 Å². The fourth-order valence-corrected chi connectivity index (χ4v) is 2.90. The van der Waals surface area contributed by atoms with Crippen molar-refractivity contribution in [3.63, 3.8) is 0 Å². The van der Waals surface area contributed by atoms with Gasteiger partial charge in [-0.05, 0) is 18.6 Å². The lowest BCUT2D eigenvalue weighted by atomic mass is 10.3. The maximum atomic E-state index is 11.6. The van der Waals surface area contributed by atoms with Crippen LogP contribution in [0.25, 0.3) is 11.0 Å². The monoisotopic (exact) mass is 267 g/mol. The van der Waals surface area contributed by atoms with Gasteiger partial charge in [-0.2, -0.15) is 0 Å². The molecule has 0 spiro atoms. The third-order valence-corrected chi connectivity index (χ3v) is 4.33. The number of benzene rings is 1. The lowest BCUT2D eigenvalue weighted by Gasteiger charge is -2.05. The number of sulfonamides is 1. The predicted octanol–water partition coefficient (Wildman–Crippen LogP) is 1.40. The van der Waals surface area contributed by atoms with Crippen LogP contribution in [0.1, 0.15) is 19.2 Å². The molecule has 0 aliphatic rings. The summed E-state index contributed by atoms with van der Waals surface area (Å²) in [5, 5.41) is 0. The number of hydrogen-bond acceptors (Lipinski definition) is 3. The van der Waals surface area contributed by atoms with Crippen molar-refractivity contribution in [2.24, 2.45) is 7.05 Å². The average molecular weight is 267 g/mol. The predicted molar refractivity (Wildman–Crippen MR) is 71.6 cm³/mol. The molecule has 2 rings (SSSR count). The van der Waals surface area contributed by atoms with Gasteiger partial charge in [0.15, 0.2) is 0 Å². The summed E-state index contributed by atoms with van der Waals surface area (Å²) in [5.74, 6) is 0.868. The molecule has 0 saturated heterocycles. The summed E-state index contributed by atoms with van der Waals surface area (Å²) in [6.45, 7) is 2.07. The van der Waals surface area contributed by atoms with Gasteiger partial charge in [0.2, 0.25) is 10.0 Å². The molecule has 2 aromatic rings. The molecule has 1 aromatic heterocycles. The molecule has 98 valence electrons. The van der Waals surface area contributed by atoms with E-state index in [1.807, 2.05) is 42.8 Å². The van der Waals surface area contributed by atoms with Crippen LogP contribution in [-0.4, -0.2) is 23.7 Å². The molecule has 0 fully saturated rings. The fraction of sp³-hybridized carbons (Fsp3) is 0.417. The molecule has 0 unspecified atom stereocenters. The molecule has 1 N–H and O–H groups in total. The number of nitrogens with zero attached hydrogens (tertiary/aromatic N) is 2. The van der Waals surface area contributed by atoms with E-state index < -0.39 is 10.0 Å². The van der Waals surface area contributed by atoms with Crippen LogP contribution in [-0.2, 0) is 23.6 Å². The van der Waals surface area contributed by atoms with E-state index in [4.69, 9.17) is 0 Å². The highest BCUT2D eigenvalue weighted by Crippen LogP contribution is 2.14. The lowest BCUT2D eigenvalue weighted by molar-refractivity contribution is 0.576. The van der Waals surface area contributed by atoms with E-state index in [-0.39, 0.29) is 12.3 Å². The summed E-state index contributed by atoms with van der Waals surface area (Å²) < 4.78 is 27.6. The average Bonchev–Trinajstić information content (AvgIpc) is 2.65. The van der Waals surface area contributed by atoms with E-state index in [0.717, 1.165) is 16.9 Å². The molecule has 0 amide bonds. The van der Waals surface area contributed by atoms with Gasteiger partial charge in [-0.15, -0.1) is 0 Å². The number of fused-ring (bicyclic) bond motifs is 1. The molecule has 0 aliphatic carbocycles. The normalized spacial score (nSPS) is 12.1. The Balaban J connectivity index is 2.20. The zero-order valence-corrected chi connectivity index (χ0v) is 11.4. The van der Waals surface area contributed by atoms with Crippen LogP contribution in [0.15, 0.2) is 24.3 Å². The van der Waals surface area contributed by atoms with Gasteiger partial charge in [-0.1, -0.05) is 19.1 Å². The van der Waals surface area contributed by atoms with Crippen molar-refractivity contribution in [2.45, 2.75) is 19.9 Å². The van der Waals surface area contributed by atoms with Crippen LogP contribution < -0.4 is 4.72 Å². The molecular formula is C12H17N3O2S. The highest BCUT2D eigenvalue weighted by atomic mass is 32.2. The van der Waals surface area contributed by atoms with Crippen LogP contribution in [0.5, 0.6) is 0 Å². The molecule has 5 nitrogen and oxygen atoms in total. The van der Waals surface area contributed by atoms with Crippen molar-refractivity contribution in [2.75, 3.05) is 5.75 Å². The van der Waals surface area contributed by atoms with Crippen LogP contribution in [0, 0.1) is 0 Å². The number of nitrogens with one attached hydrogen (secondary N) is 1. The molecule has 0 saturated carbocycles. The van der Waals surface area contributed by atoms with E-state index >= 15 is 0 Å². The van der Waals surface area contributed by atoms with Crippen LogP contribution in [0.2, 0.25) is 0 Å². The highest BCUT2D eigenvalue weighted by Gasteiger charge is 2.12. The maximum Gasteiger partial charge on any atom is 0.211 e. The number of aromatic nitrogens is 2. The third kappa shape index (κ3) is 2.70. The second-order valence-electron chi connectivity index (χ2n) is 4.22. The minimum atomic E-state index is -3.19. The largest absolute Gasteiger partial charge is 0.330 e. The van der Waals surface area contributed by atoms with E-state index in [1.165, 1.54) is 0 Å². The summed E-state index contributed by atoms with van der Waals surface area (Å²) in [7, 11) is -1.30. The molecule has 0 bridgehead atoms. The highest BCUT2D eigenvalue weighted by molar-refractivity contribution is 7.89. The van der Waals surface area contributed by atoms with Crippen molar-refractivity contribution in [1.82, 2.24) is 14.3 Å². The second kappa shape index (κ2) is 5.07. The molecule has 1 heterocycles. The third-order valence-electron chi connectivity index (χ3n) is 2.80. The van der Waals surface area contributed by atoms with Crippen LogP contribution in [0.3, 0.4) is 0 Å². The molecule has 6 heteroatoms. The molecule has 18 heavy (non-hydrogen) atoms. The quantitative estimate of drug-likeness (QED) is 0.890. The zero-order valence-electron chi connectivity index (χ0n) is 10.5. The Morgan fingerprint density at radius 1 is 1.33 bits per heavy atom. The Labute approximate surface area is 107 Å². The number of imidazole rings is 1. The van der Waals surface area contributed by atoms with Gasteiger partial charge in [0, 0.05) is 7.05 Å². The molecule has 0 atom stereocenters.